The van der Waals surface area contributed by atoms with Crippen molar-refractivity contribution >= 4 is 5.69 Å². The van der Waals surface area contributed by atoms with E-state index in [-0.39, 0.29) is 18.3 Å². The molecular formula is C13H18N2O5. The van der Waals surface area contributed by atoms with Crippen LogP contribution < -0.4 is 15.2 Å². The van der Waals surface area contributed by atoms with Crippen molar-refractivity contribution in [1.82, 2.24) is 0 Å². The lowest BCUT2D eigenvalue weighted by Crippen LogP contribution is -2.16. The van der Waals surface area contributed by atoms with Gasteiger partial charge in [-0.2, -0.15) is 0 Å². The molecule has 0 aromatic heterocycles. The highest BCUT2D eigenvalue weighted by Crippen LogP contribution is 2.34. The number of nitrogens with two attached hydrogens (primary N) is 1. The number of hydrogen-bond acceptors (Lipinski definition) is 6. The third-order valence-corrected chi connectivity index (χ3v) is 3.23. The van der Waals surface area contributed by atoms with Gasteiger partial charge in [0.1, 0.15) is 6.61 Å². The van der Waals surface area contributed by atoms with Crippen LogP contribution in [0.3, 0.4) is 0 Å². The van der Waals surface area contributed by atoms with Gasteiger partial charge in [0.05, 0.1) is 24.2 Å². The molecule has 2 rings (SSSR count). The molecule has 0 amide bonds. The van der Waals surface area contributed by atoms with Crippen molar-refractivity contribution in [3.63, 3.8) is 0 Å². The lowest BCUT2D eigenvalue weighted by Gasteiger charge is -2.15. The fourth-order valence-corrected chi connectivity index (χ4v) is 2.16. The Kier molecular flexibility index (Phi) is 4.75. The summed E-state index contributed by atoms with van der Waals surface area (Å²) in [5, 5.41) is 11.0. The normalized spacial score (nSPS) is 18.0. The van der Waals surface area contributed by atoms with Crippen LogP contribution >= 0.6 is 0 Å². The predicted molar refractivity (Wildman–Crippen MR) is 72.0 cm³/mol. The summed E-state index contributed by atoms with van der Waals surface area (Å²) in [5.41, 5.74) is 5.87. The maximum Gasteiger partial charge on any atom is 0.277 e. The average molecular weight is 282 g/mol. The molecule has 1 saturated heterocycles. The molecule has 0 bridgehead atoms. The second kappa shape index (κ2) is 6.53. The first-order chi connectivity index (χ1) is 9.65. The van der Waals surface area contributed by atoms with Crippen LogP contribution in [0.4, 0.5) is 5.69 Å². The third kappa shape index (κ3) is 3.17. The van der Waals surface area contributed by atoms with Crippen LogP contribution in [0.25, 0.3) is 0 Å². The molecule has 1 fully saturated rings. The summed E-state index contributed by atoms with van der Waals surface area (Å²) in [7, 11) is 1.49. The van der Waals surface area contributed by atoms with Crippen LogP contribution in [-0.2, 0) is 11.3 Å². The second-order valence-corrected chi connectivity index (χ2v) is 4.54. The topological polar surface area (TPSA) is 96.9 Å². The van der Waals surface area contributed by atoms with Crippen molar-refractivity contribution in [2.24, 2.45) is 5.73 Å². The summed E-state index contributed by atoms with van der Waals surface area (Å²) in [6.07, 6.45) is 1.98. The van der Waals surface area contributed by atoms with E-state index >= 15 is 0 Å². The van der Waals surface area contributed by atoms with Gasteiger partial charge < -0.3 is 19.9 Å². The first-order valence-corrected chi connectivity index (χ1v) is 6.45. The van der Waals surface area contributed by atoms with E-state index in [2.05, 4.69) is 0 Å². The number of nitro benzene ring substituents is 1. The minimum absolute atomic E-state index is 0.0351. The molecule has 0 saturated carbocycles. The van der Waals surface area contributed by atoms with Gasteiger partial charge in [-0.05, 0) is 18.9 Å². The van der Waals surface area contributed by atoms with Crippen LogP contribution in [0.1, 0.15) is 18.4 Å². The maximum absolute atomic E-state index is 11.0. The molecule has 1 heterocycles. The number of benzene rings is 1. The summed E-state index contributed by atoms with van der Waals surface area (Å²) >= 11 is 0. The number of nitro groups is 1. The van der Waals surface area contributed by atoms with Gasteiger partial charge in [0, 0.05) is 18.7 Å². The molecule has 110 valence electrons. The number of rotatable bonds is 6. The highest BCUT2D eigenvalue weighted by Gasteiger charge is 2.21. The summed E-state index contributed by atoms with van der Waals surface area (Å²) in [5.74, 6) is 0.779. The average Bonchev–Trinajstić information content (AvgIpc) is 2.97. The van der Waals surface area contributed by atoms with E-state index in [0.717, 1.165) is 19.4 Å². The first-order valence-electron chi connectivity index (χ1n) is 6.45. The predicted octanol–water partition coefficient (Wildman–Crippen LogP) is 1.62. The summed E-state index contributed by atoms with van der Waals surface area (Å²) in [6, 6.07) is 2.90. The van der Waals surface area contributed by atoms with Gasteiger partial charge in [-0.15, -0.1) is 0 Å². The zero-order valence-corrected chi connectivity index (χ0v) is 11.3. The molecule has 1 atom stereocenters. The lowest BCUT2D eigenvalue weighted by molar-refractivity contribution is -0.385. The number of nitrogens with zero attached hydrogens (tertiary/aromatic N) is 1. The number of ether oxygens (including phenoxy) is 3. The van der Waals surface area contributed by atoms with E-state index in [4.69, 9.17) is 19.9 Å². The highest BCUT2D eigenvalue weighted by molar-refractivity contribution is 5.54. The van der Waals surface area contributed by atoms with Crippen LogP contribution in [0.5, 0.6) is 11.5 Å². The molecule has 1 aliphatic rings. The van der Waals surface area contributed by atoms with Crippen molar-refractivity contribution in [1.29, 1.82) is 0 Å². The Bertz CT molecular complexity index is 486. The Morgan fingerprint density at radius 1 is 1.50 bits per heavy atom. The van der Waals surface area contributed by atoms with E-state index in [1.165, 1.54) is 13.2 Å². The minimum atomic E-state index is -0.472. The second-order valence-electron chi connectivity index (χ2n) is 4.54. The van der Waals surface area contributed by atoms with E-state index < -0.39 is 4.92 Å². The molecule has 20 heavy (non-hydrogen) atoms. The van der Waals surface area contributed by atoms with E-state index in [9.17, 15) is 10.1 Å². The van der Waals surface area contributed by atoms with Crippen LogP contribution in [0.15, 0.2) is 12.1 Å². The lowest BCUT2D eigenvalue weighted by atomic mass is 10.1. The van der Waals surface area contributed by atoms with Gasteiger partial charge in [-0.1, -0.05) is 0 Å². The molecule has 7 nitrogen and oxygen atoms in total. The van der Waals surface area contributed by atoms with Crippen molar-refractivity contribution in [3.05, 3.63) is 27.8 Å². The molecule has 1 aromatic carbocycles. The van der Waals surface area contributed by atoms with Crippen molar-refractivity contribution < 1.29 is 19.1 Å². The monoisotopic (exact) mass is 282 g/mol. The molecule has 1 unspecified atom stereocenters. The zero-order chi connectivity index (χ0) is 14.5. The SMILES string of the molecule is COc1cc(CN)c([N+](=O)[O-])cc1OCC1CCCO1. The zero-order valence-electron chi connectivity index (χ0n) is 11.3. The maximum atomic E-state index is 11.0. The fraction of sp³-hybridized carbons (Fsp3) is 0.538. The van der Waals surface area contributed by atoms with Crippen molar-refractivity contribution in [2.45, 2.75) is 25.5 Å². The Labute approximate surface area is 116 Å². The van der Waals surface area contributed by atoms with Crippen LogP contribution in [0, 0.1) is 10.1 Å². The summed E-state index contributed by atoms with van der Waals surface area (Å²) in [6.45, 7) is 1.16. The number of hydrogen-bond donors (Lipinski definition) is 1. The summed E-state index contributed by atoms with van der Waals surface area (Å²) < 4.78 is 16.3. The van der Waals surface area contributed by atoms with Gasteiger partial charge in [0.15, 0.2) is 11.5 Å². The highest BCUT2D eigenvalue weighted by atomic mass is 16.6. The molecule has 1 aliphatic heterocycles. The van der Waals surface area contributed by atoms with Crippen molar-refractivity contribution in [3.8, 4) is 11.5 Å². The van der Waals surface area contributed by atoms with E-state index in [1.54, 1.807) is 6.07 Å². The summed E-state index contributed by atoms with van der Waals surface area (Å²) in [4.78, 5) is 10.6. The van der Waals surface area contributed by atoms with E-state index in [1.807, 2.05) is 0 Å². The smallest absolute Gasteiger partial charge is 0.277 e. The van der Waals surface area contributed by atoms with Gasteiger partial charge in [0.25, 0.3) is 5.69 Å². The van der Waals surface area contributed by atoms with Gasteiger partial charge in [-0.25, -0.2) is 0 Å². The molecule has 0 aliphatic carbocycles. The van der Waals surface area contributed by atoms with Gasteiger partial charge in [0.2, 0.25) is 0 Å². The number of methoxy groups -OCH3 is 1. The molecular weight excluding hydrogens is 264 g/mol. The Morgan fingerprint density at radius 2 is 2.30 bits per heavy atom. The van der Waals surface area contributed by atoms with Gasteiger partial charge >= 0.3 is 0 Å². The van der Waals surface area contributed by atoms with Crippen molar-refractivity contribution in [2.75, 3.05) is 20.3 Å². The molecule has 0 spiro atoms. The molecule has 7 heteroatoms. The first kappa shape index (κ1) is 14.5. The molecule has 0 radical (unpaired) electrons. The quantitative estimate of drug-likeness (QED) is 0.629. The molecule has 2 N–H and O–H groups in total. The standard InChI is InChI=1S/C13H18N2O5/c1-18-12-5-9(7-14)11(15(16)17)6-13(12)20-8-10-3-2-4-19-10/h5-6,10H,2-4,7-8,14H2,1H3. The van der Waals surface area contributed by atoms with Crippen LogP contribution in [-0.4, -0.2) is 31.4 Å². The molecule has 1 aromatic rings. The third-order valence-electron chi connectivity index (χ3n) is 3.23. The Morgan fingerprint density at radius 3 is 2.85 bits per heavy atom. The van der Waals surface area contributed by atoms with Gasteiger partial charge in [-0.3, -0.25) is 10.1 Å². The minimum Gasteiger partial charge on any atom is -0.493 e. The van der Waals surface area contributed by atoms with E-state index in [0.29, 0.717) is 23.7 Å². The Hall–Kier alpha value is -1.86. The Balaban J connectivity index is 2.20. The van der Waals surface area contributed by atoms with Crippen LogP contribution in [0.2, 0.25) is 0 Å². The largest absolute Gasteiger partial charge is 0.493 e. The fourth-order valence-electron chi connectivity index (χ4n) is 2.16.